The van der Waals surface area contributed by atoms with Crippen LogP contribution in [0.1, 0.15) is 49.9 Å². The highest BCUT2D eigenvalue weighted by atomic mass is 35.5. The maximum atomic E-state index is 12.7. The second-order valence-electron chi connectivity index (χ2n) is 8.64. The number of ketones is 1. The maximum absolute atomic E-state index is 12.7. The van der Waals surface area contributed by atoms with E-state index in [4.69, 9.17) is 32.5 Å². The number of carboxylic acid groups (broad SMARTS) is 1. The molecule has 1 aliphatic heterocycles. The SMILES string of the molecule is COC(=O)C[C@]1(C(=O)O)CC(=O)OB([C@@H](CC(=O)CNC(=O)c2cc(Cl)ccc2Cl)CC(C)C)O1. The van der Waals surface area contributed by atoms with Gasteiger partial charge in [0.2, 0.25) is 0 Å². The van der Waals surface area contributed by atoms with E-state index >= 15 is 0 Å². The lowest BCUT2D eigenvalue weighted by Gasteiger charge is -2.37. The minimum atomic E-state index is -2.18. The number of Topliss-reactive ketones (excluding diaryl/α,β-unsaturated/α-hetero) is 1. The van der Waals surface area contributed by atoms with E-state index in [-0.39, 0.29) is 29.5 Å². The van der Waals surface area contributed by atoms with Gasteiger partial charge in [-0.2, -0.15) is 0 Å². The average molecular weight is 530 g/mol. The molecule has 2 rings (SSSR count). The summed E-state index contributed by atoms with van der Waals surface area (Å²) in [6, 6.07) is 4.34. The van der Waals surface area contributed by atoms with Crippen molar-refractivity contribution in [3.05, 3.63) is 33.8 Å². The Balaban J connectivity index is 2.15. The van der Waals surface area contributed by atoms with Gasteiger partial charge in [-0.1, -0.05) is 37.0 Å². The Morgan fingerprint density at radius 3 is 2.54 bits per heavy atom. The van der Waals surface area contributed by atoms with Gasteiger partial charge in [0.1, 0.15) is 0 Å². The number of esters is 1. The standard InChI is InChI=1S/C22H26BCl2NO9/c1-12(2)6-13(7-15(27)11-26-20(30)16-8-14(24)4-5-17(16)25)23-34-19(29)10-22(35-23,21(31)32)9-18(28)33-3/h4-5,8,12-13H,6-7,9-11H2,1-3H3,(H,26,30)(H,31,32)/t13-,22-/m1/s1. The van der Waals surface area contributed by atoms with E-state index < -0.39 is 61.0 Å². The number of rotatable bonds is 11. The molecule has 1 aliphatic rings. The highest BCUT2D eigenvalue weighted by Gasteiger charge is 2.54. The monoisotopic (exact) mass is 529 g/mol. The van der Waals surface area contributed by atoms with Crippen molar-refractivity contribution >= 4 is 59.9 Å². The molecule has 1 aromatic rings. The highest BCUT2D eigenvalue weighted by molar-refractivity contribution is 6.50. The second kappa shape index (κ2) is 12.4. The molecule has 1 amide bonds. The Kier molecular flexibility index (Phi) is 10.1. The van der Waals surface area contributed by atoms with Crippen molar-refractivity contribution < 1.29 is 43.1 Å². The molecule has 2 atom stereocenters. The first-order chi connectivity index (χ1) is 16.4. The molecule has 0 spiro atoms. The Morgan fingerprint density at radius 2 is 1.94 bits per heavy atom. The molecule has 10 nitrogen and oxygen atoms in total. The maximum Gasteiger partial charge on any atom is 0.531 e. The van der Waals surface area contributed by atoms with Crippen molar-refractivity contribution in [2.75, 3.05) is 13.7 Å². The van der Waals surface area contributed by atoms with Crippen LogP contribution in [0.3, 0.4) is 0 Å². The van der Waals surface area contributed by atoms with Gasteiger partial charge in [0.25, 0.3) is 11.9 Å². The number of hydrogen-bond donors (Lipinski definition) is 2. The molecule has 0 bridgehead atoms. The number of ether oxygens (including phenoxy) is 1. The zero-order valence-electron chi connectivity index (χ0n) is 19.5. The Hall–Kier alpha value is -2.63. The predicted molar refractivity (Wildman–Crippen MR) is 126 cm³/mol. The number of carbonyl (C=O) groups excluding carboxylic acids is 4. The zero-order chi connectivity index (χ0) is 26.3. The van der Waals surface area contributed by atoms with E-state index in [1.54, 1.807) is 0 Å². The van der Waals surface area contributed by atoms with Crippen molar-refractivity contribution in [2.24, 2.45) is 5.92 Å². The van der Waals surface area contributed by atoms with Crippen molar-refractivity contribution in [3.8, 4) is 0 Å². The average Bonchev–Trinajstić information content (AvgIpc) is 2.77. The molecule has 190 valence electrons. The van der Waals surface area contributed by atoms with Gasteiger partial charge in [-0.05, 0) is 30.5 Å². The first-order valence-electron chi connectivity index (χ1n) is 10.8. The molecule has 13 heteroatoms. The van der Waals surface area contributed by atoms with E-state index in [1.165, 1.54) is 18.2 Å². The van der Waals surface area contributed by atoms with Crippen LogP contribution >= 0.6 is 23.2 Å². The fourth-order valence-corrected chi connectivity index (χ4v) is 4.08. The van der Waals surface area contributed by atoms with Crippen LogP contribution in [0, 0.1) is 5.92 Å². The molecule has 0 saturated carbocycles. The molecule has 2 N–H and O–H groups in total. The van der Waals surface area contributed by atoms with Crippen LogP contribution in [-0.2, 0) is 33.2 Å². The van der Waals surface area contributed by atoms with Crippen LogP contribution in [-0.4, -0.2) is 61.1 Å². The summed E-state index contributed by atoms with van der Waals surface area (Å²) in [7, 11) is -0.303. The van der Waals surface area contributed by atoms with E-state index in [0.29, 0.717) is 11.4 Å². The summed E-state index contributed by atoms with van der Waals surface area (Å²) in [6.45, 7) is 3.37. The highest BCUT2D eigenvalue weighted by Crippen LogP contribution is 2.36. The van der Waals surface area contributed by atoms with Gasteiger partial charge in [-0.25, -0.2) is 4.79 Å². The van der Waals surface area contributed by atoms with Gasteiger partial charge in [0, 0.05) is 17.3 Å². The third-order valence-corrected chi connectivity index (χ3v) is 5.90. The second-order valence-corrected chi connectivity index (χ2v) is 9.49. The van der Waals surface area contributed by atoms with Crippen molar-refractivity contribution in [2.45, 2.75) is 50.9 Å². The van der Waals surface area contributed by atoms with Crippen LogP contribution in [0.15, 0.2) is 18.2 Å². The summed E-state index contributed by atoms with van der Waals surface area (Å²) < 4.78 is 15.4. The van der Waals surface area contributed by atoms with Gasteiger partial charge in [-0.15, -0.1) is 0 Å². The van der Waals surface area contributed by atoms with Gasteiger partial charge < -0.3 is 24.5 Å². The molecular weight excluding hydrogens is 504 g/mol. The molecule has 0 unspecified atom stereocenters. The van der Waals surface area contributed by atoms with Gasteiger partial charge in [0.15, 0.2) is 11.4 Å². The lowest BCUT2D eigenvalue weighted by Crippen LogP contribution is -2.56. The first kappa shape index (κ1) is 28.6. The van der Waals surface area contributed by atoms with E-state index in [0.717, 1.165) is 7.11 Å². The third-order valence-electron chi connectivity index (χ3n) is 5.33. The lowest BCUT2D eigenvalue weighted by atomic mass is 9.63. The number of nitrogens with one attached hydrogen (secondary N) is 1. The summed E-state index contributed by atoms with van der Waals surface area (Å²) in [6.07, 6.45) is -1.24. The molecule has 0 aromatic heterocycles. The van der Waals surface area contributed by atoms with Crippen LogP contribution < -0.4 is 5.32 Å². The number of aliphatic carboxylic acids is 1. The molecule has 0 aliphatic carbocycles. The Bertz CT molecular complexity index is 1000. The fourth-order valence-electron chi connectivity index (χ4n) is 3.70. The Labute approximate surface area is 212 Å². The van der Waals surface area contributed by atoms with Crippen molar-refractivity contribution in [1.82, 2.24) is 5.32 Å². The van der Waals surface area contributed by atoms with Crippen molar-refractivity contribution in [1.29, 1.82) is 0 Å². The quantitative estimate of drug-likeness (QED) is 0.326. The largest absolute Gasteiger partial charge is 0.531 e. The fraction of sp³-hybridized carbons (Fsp3) is 0.500. The Morgan fingerprint density at radius 1 is 1.26 bits per heavy atom. The summed E-state index contributed by atoms with van der Waals surface area (Å²) in [4.78, 5) is 61.2. The molecule has 0 radical (unpaired) electrons. The summed E-state index contributed by atoms with van der Waals surface area (Å²) in [5, 5.41) is 12.7. The number of methoxy groups -OCH3 is 1. The van der Waals surface area contributed by atoms with Gasteiger partial charge in [-0.3, -0.25) is 19.2 Å². The number of carboxylic acids is 1. The first-order valence-corrected chi connectivity index (χ1v) is 11.5. The summed E-state index contributed by atoms with van der Waals surface area (Å²) in [5.74, 6) is -5.00. The molecule has 1 heterocycles. The van der Waals surface area contributed by atoms with Crippen LogP contribution in [0.25, 0.3) is 0 Å². The van der Waals surface area contributed by atoms with Crippen LogP contribution in [0.5, 0.6) is 0 Å². The van der Waals surface area contributed by atoms with Gasteiger partial charge in [0.05, 0.1) is 37.1 Å². The normalized spacial score (nSPS) is 18.6. The number of amides is 1. The molecule has 35 heavy (non-hydrogen) atoms. The number of halogens is 2. The predicted octanol–water partition coefficient (Wildman–Crippen LogP) is 2.94. The van der Waals surface area contributed by atoms with E-state index in [2.05, 4.69) is 10.1 Å². The molecule has 1 saturated heterocycles. The number of carbonyl (C=O) groups is 5. The lowest BCUT2D eigenvalue weighted by molar-refractivity contribution is -0.175. The van der Waals surface area contributed by atoms with Crippen molar-refractivity contribution in [3.63, 3.8) is 0 Å². The van der Waals surface area contributed by atoms with E-state index in [9.17, 15) is 29.1 Å². The number of hydrogen-bond acceptors (Lipinski definition) is 8. The smallest absolute Gasteiger partial charge is 0.509 e. The van der Waals surface area contributed by atoms with Gasteiger partial charge >= 0.3 is 19.1 Å². The number of benzene rings is 1. The molecule has 1 fully saturated rings. The topological polar surface area (TPSA) is 145 Å². The van der Waals surface area contributed by atoms with Crippen LogP contribution in [0.2, 0.25) is 15.9 Å². The molecular formula is C22H26BCl2NO9. The minimum Gasteiger partial charge on any atom is -0.509 e. The summed E-state index contributed by atoms with van der Waals surface area (Å²) >= 11 is 11.9. The van der Waals surface area contributed by atoms with E-state index in [1.807, 2.05) is 13.8 Å². The molecule has 1 aromatic carbocycles. The summed E-state index contributed by atoms with van der Waals surface area (Å²) in [5.41, 5.74) is -2.08. The minimum absolute atomic E-state index is 0.0247. The zero-order valence-corrected chi connectivity index (χ0v) is 21.0. The van der Waals surface area contributed by atoms with Crippen LogP contribution in [0.4, 0.5) is 0 Å². The third kappa shape index (κ3) is 7.94.